The van der Waals surface area contributed by atoms with Crippen molar-refractivity contribution in [1.82, 2.24) is 5.32 Å². The molecular weight excluding hydrogens is 242 g/mol. The van der Waals surface area contributed by atoms with Crippen LogP contribution in [0.15, 0.2) is 24.3 Å². The molecule has 0 spiro atoms. The Morgan fingerprint density at radius 1 is 1.33 bits per heavy atom. The third-order valence-electron chi connectivity index (χ3n) is 2.53. The maximum absolute atomic E-state index is 12.2. The van der Waals surface area contributed by atoms with E-state index in [0.29, 0.717) is 5.56 Å². The minimum absolute atomic E-state index is 0.0872. The minimum Gasteiger partial charge on any atom is -0.434 e. The summed E-state index contributed by atoms with van der Waals surface area (Å²) in [5, 5.41) is 2.91. The first-order valence-corrected chi connectivity index (χ1v) is 5.51. The molecule has 0 fully saturated rings. The summed E-state index contributed by atoms with van der Waals surface area (Å²) >= 11 is 0. The van der Waals surface area contributed by atoms with Gasteiger partial charge in [-0.2, -0.15) is 8.78 Å². The van der Waals surface area contributed by atoms with Gasteiger partial charge in [0.2, 0.25) is 5.91 Å². The van der Waals surface area contributed by atoms with E-state index in [0.717, 1.165) is 0 Å². The van der Waals surface area contributed by atoms with Crippen LogP contribution < -0.4 is 15.8 Å². The molecule has 2 atom stereocenters. The normalized spacial score (nSPS) is 14.3. The lowest BCUT2D eigenvalue weighted by atomic mass is 10.1. The topological polar surface area (TPSA) is 64.3 Å². The van der Waals surface area contributed by atoms with Crippen LogP contribution in [-0.4, -0.2) is 18.6 Å². The first-order valence-electron chi connectivity index (χ1n) is 5.51. The smallest absolute Gasteiger partial charge is 0.387 e. The molecule has 0 aliphatic rings. The standard InChI is InChI=1S/C12H16F2N2O2/c1-7(16-8(2)11(15)17)9-5-3-4-6-10(9)18-12(13)14/h3-8,12,16H,1-2H3,(H2,15,17). The molecule has 0 radical (unpaired) electrons. The first-order chi connectivity index (χ1) is 8.41. The van der Waals surface area contributed by atoms with Gasteiger partial charge in [-0.05, 0) is 19.9 Å². The summed E-state index contributed by atoms with van der Waals surface area (Å²) in [5.74, 6) is -0.418. The molecule has 1 rings (SSSR count). The predicted octanol–water partition coefficient (Wildman–Crippen LogP) is 1.81. The van der Waals surface area contributed by atoms with E-state index >= 15 is 0 Å². The van der Waals surface area contributed by atoms with Crippen LogP contribution in [0.5, 0.6) is 5.75 Å². The lowest BCUT2D eigenvalue weighted by Gasteiger charge is -2.20. The summed E-state index contributed by atoms with van der Waals surface area (Å²) in [7, 11) is 0. The van der Waals surface area contributed by atoms with Crippen molar-refractivity contribution < 1.29 is 18.3 Å². The SMILES string of the molecule is CC(NC(C)c1ccccc1OC(F)F)C(N)=O. The lowest BCUT2D eigenvalue weighted by Crippen LogP contribution is -2.40. The van der Waals surface area contributed by atoms with Crippen molar-refractivity contribution >= 4 is 5.91 Å². The highest BCUT2D eigenvalue weighted by atomic mass is 19.3. The van der Waals surface area contributed by atoms with Crippen LogP contribution in [0.25, 0.3) is 0 Å². The minimum atomic E-state index is -2.88. The number of alkyl halides is 2. The second-order valence-corrected chi connectivity index (χ2v) is 3.93. The molecule has 3 N–H and O–H groups in total. The molecule has 2 unspecified atom stereocenters. The second-order valence-electron chi connectivity index (χ2n) is 3.93. The molecule has 0 aliphatic heterocycles. The molecule has 18 heavy (non-hydrogen) atoms. The number of nitrogens with one attached hydrogen (secondary N) is 1. The van der Waals surface area contributed by atoms with Crippen molar-refractivity contribution in [2.75, 3.05) is 0 Å². The monoisotopic (exact) mass is 258 g/mol. The maximum Gasteiger partial charge on any atom is 0.387 e. The molecule has 0 saturated carbocycles. The van der Waals surface area contributed by atoms with Crippen molar-refractivity contribution in [3.8, 4) is 5.75 Å². The molecule has 0 aliphatic carbocycles. The molecular formula is C12H16F2N2O2. The molecule has 1 amide bonds. The van der Waals surface area contributed by atoms with Crippen LogP contribution >= 0.6 is 0 Å². The van der Waals surface area contributed by atoms with Gasteiger partial charge >= 0.3 is 6.61 Å². The van der Waals surface area contributed by atoms with E-state index in [4.69, 9.17) is 5.73 Å². The summed E-state index contributed by atoms with van der Waals surface area (Å²) in [6.07, 6.45) is 0. The number of para-hydroxylation sites is 1. The zero-order chi connectivity index (χ0) is 13.7. The van der Waals surface area contributed by atoms with Gasteiger partial charge in [0.25, 0.3) is 0 Å². The predicted molar refractivity (Wildman–Crippen MR) is 63.3 cm³/mol. The van der Waals surface area contributed by atoms with Crippen molar-refractivity contribution in [1.29, 1.82) is 0 Å². The van der Waals surface area contributed by atoms with Crippen molar-refractivity contribution in [2.24, 2.45) is 5.73 Å². The molecule has 0 saturated heterocycles. The third-order valence-corrected chi connectivity index (χ3v) is 2.53. The molecule has 4 nitrogen and oxygen atoms in total. The fourth-order valence-corrected chi connectivity index (χ4v) is 1.59. The Morgan fingerprint density at radius 2 is 1.94 bits per heavy atom. The van der Waals surface area contributed by atoms with Crippen molar-refractivity contribution in [2.45, 2.75) is 32.5 Å². The first kappa shape index (κ1) is 14.4. The van der Waals surface area contributed by atoms with Gasteiger partial charge in [0.05, 0.1) is 6.04 Å². The molecule has 100 valence electrons. The summed E-state index contributed by atoms with van der Waals surface area (Å²) in [6.45, 7) is 0.467. The summed E-state index contributed by atoms with van der Waals surface area (Å²) in [6, 6.07) is 5.53. The van der Waals surface area contributed by atoms with Gasteiger partial charge in [0.1, 0.15) is 5.75 Å². The fraction of sp³-hybridized carbons (Fsp3) is 0.417. The van der Waals surface area contributed by atoms with E-state index in [-0.39, 0.29) is 11.8 Å². The molecule has 0 heterocycles. The van der Waals surface area contributed by atoms with Crippen LogP contribution in [0.4, 0.5) is 8.78 Å². The van der Waals surface area contributed by atoms with E-state index in [1.165, 1.54) is 6.07 Å². The number of nitrogens with two attached hydrogens (primary N) is 1. The largest absolute Gasteiger partial charge is 0.434 e. The van der Waals surface area contributed by atoms with Crippen LogP contribution in [-0.2, 0) is 4.79 Å². The Morgan fingerprint density at radius 3 is 2.50 bits per heavy atom. The van der Waals surface area contributed by atoms with Crippen LogP contribution in [0.1, 0.15) is 25.5 Å². The van der Waals surface area contributed by atoms with Crippen LogP contribution in [0.2, 0.25) is 0 Å². The van der Waals surface area contributed by atoms with Crippen LogP contribution in [0, 0.1) is 0 Å². The zero-order valence-corrected chi connectivity index (χ0v) is 10.2. The third kappa shape index (κ3) is 3.96. The Labute approximate surface area is 104 Å². The van der Waals surface area contributed by atoms with Crippen molar-refractivity contribution in [3.63, 3.8) is 0 Å². The molecule has 0 aromatic heterocycles. The fourth-order valence-electron chi connectivity index (χ4n) is 1.59. The highest BCUT2D eigenvalue weighted by Crippen LogP contribution is 2.26. The van der Waals surface area contributed by atoms with Gasteiger partial charge in [-0.1, -0.05) is 18.2 Å². The molecule has 1 aromatic rings. The average molecular weight is 258 g/mol. The number of carbonyl (C=O) groups excluding carboxylic acids is 1. The number of halogens is 2. The quantitative estimate of drug-likeness (QED) is 0.818. The van der Waals surface area contributed by atoms with E-state index in [1.807, 2.05) is 0 Å². The number of amides is 1. The number of carbonyl (C=O) groups is 1. The summed E-state index contributed by atoms with van der Waals surface area (Å²) in [4.78, 5) is 10.9. The van der Waals surface area contributed by atoms with Gasteiger partial charge in [0, 0.05) is 11.6 Å². The van der Waals surface area contributed by atoms with Gasteiger partial charge in [-0.3, -0.25) is 10.1 Å². The zero-order valence-electron chi connectivity index (χ0n) is 10.2. The Bertz CT molecular complexity index is 413. The van der Waals surface area contributed by atoms with E-state index in [1.54, 1.807) is 32.0 Å². The lowest BCUT2D eigenvalue weighted by molar-refractivity contribution is -0.119. The van der Waals surface area contributed by atoms with Crippen LogP contribution in [0.3, 0.4) is 0 Å². The highest BCUT2D eigenvalue weighted by molar-refractivity contribution is 5.79. The average Bonchev–Trinajstić information content (AvgIpc) is 2.28. The van der Waals surface area contributed by atoms with Gasteiger partial charge in [-0.25, -0.2) is 0 Å². The number of hydrogen-bond acceptors (Lipinski definition) is 3. The maximum atomic E-state index is 12.2. The Hall–Kier alpha value is -1.69. The number of benzene rings is 1. The van der Waals surface area contributed by atoms with E-state index in [9.17, 15) is 13.6 Å². The number of rotatable bonds is 6. The number of ether oxygens (including phenoxy) is 1. The Balaban J connectivity index is 2.84. The second kappa shape index (κ2) is 6.30. The molecule has 0 bridgehead atoms. The van der Waals surface area contributed by atoms with Gasteiger partial charge < -0.3 is 10.5 Å². The summed E-state index contributed by atoms with van der Waals surface area (Å²) in [5.41, 5.74) is 5.68. The molecule has 6 heteroatoms. The summed E-state index contributed by atoms with van der Waals surface area (Å²) < 4.78 is 28.9. The number of hydrogen-bond donors (Lipinski definition) is 2. The van der Waals surface area contributed by atoms with E-state index in [2.05, 4.69) is 10.1 Å². The highest BCUT2D eigenvalue weighted by Gasteiger charge is 2.17. The number of primary amides is 1. The molecule has 1 aromatic carbocycles. The van der Waals surface area contributed by atoms with Crippen molar-refractivity contribution in [3.05, 3.63) is 29.8 Å². The van der Waals surface area contributed by atoms with Gasteiger partial charge in [-0.15, -0.1) is 0 Å². The van der Waals surface area contributed by atoms with E-state index < -0.39 is 18.6 Å². The Kier molecular flexibility index (Phi) is 5.03. The van der Waals surface area contributed by atoms with Gasteiger partial charge in [0.15, 0.2) is 0 Å².